The largest absolute Gasteiger partial charge is 0.349 e. The molecule has 1 aromatic heterocycles. The van der Waals surface area contributed by atoms with E-state index < -0.39 is 0 Å². The van der Waals surface area contributed by atoms with Crippen LogP contribution in [-0.2, 0) is 0 Å². The topological polar surface area (TPSA) is 46.1 Å². The van der Waals surface area contributed by atoms with Gasteiger partial charge in [0.1, 0.15) is 5.69 Å². The van der Waals surface area contributed by atoms with Gasteiger partial charge in [-0.1, -0.05) is 11.6 Å². The molecule has 2 rings (SSSR count). The summed E-state index contributed by atoms with van der Waals surface area (Å²) in [5.74, 6) is -0.0472. The average molecular weight is 242 g/mol. The van der Waals surface area contributed by atoms with Gasteiger partial charge in [-0.15, -0.1) is 0 Å². The lowest BCUT2D eigenvalue weighted by Crippen LogP contribution is -2.31. The van der Waals surface area contributed by atoms with Crippen LogP contribution in [0, 0.1) is 0 Å². The van der Waals surface area contributed by atoms with Gasteiger partial charge in [0.15, 0.2) is 0 Å². The molecule has 1 aliphatic carbocycles. The van der Waals surface area contributed by atoms with Crippen molar-refractivity contribution in [2.24, 2.45) is 0 Å². The van der Waals surface area contributed by atoms with E-state index >= 15 is 0 Å². The van der Waals surface area contributed by atoms with Crippen LogP contribution >= 0.6 is 11.6 Å². The fourth-order valence-corrected chi connectivity index (χ4v) is 1.88. The summed E-state index contributed by atoms with van der Waals surface area (Å²) < 4.78 is 1.98. The van der Waals surface area contributed by atoms with Crippen LogP contribution in [0.15, 0.2) is 12.3 Å². The molecule has 0 spiro atoms. The zero-order valence-electron chi connectivity index (χ0n) is 9.29. The lowest BCUT2D eigenvalue weighted by Gasteiger charge is -2.08. The number of hydrogen-bond acceptors (Lipinski definition) is 2. The number of halogens is 1. The molecule has 1 fully saturated rings. The number of hydrogen-bond donors (Lipinski definition) is 2. The Morgan fingerprint density at radius 2 is 2.31 bits per heavy atom. The maximum Gasteiger partial charge on any atom is 0.268 e. The number of amides is 1. The first-order chi connectivity index (χ1) is 7.72. The van der Waals surface area contributed by atoms with E-state index in [0.29, 0.717) is 23.3 Å². The number of aromatic nitrogens is 1. The summed E-state index contributed by atoms with van der Waals surface area (Å²) in [5.41, 5.74) is 0.670. The first kappa shape index (κ1) is 11.5. The summed E-state index contributed by atoms with van der Waals surface area (Å²) in [5, 5.41) is 6.47. The van der Waals surface area contributed by atoms with Crippen molar-refractivity contribution in [2.45, 2.75) is 18.9 Å². The van der Waals surface area contributed by atoms with E-state index in [0.717, 1.165) is 19.4 Å². The maximum absolute atomic E-state index is 11.9. The van der Waals surface area contributed by atoms with Crippen LogP contribution in [0.25, 0.3) is 0 Å². The van der Waals surface area contributed by atoms with Gasteiger partial charge in [0, 0.05) is 25.3 Å². The monoisotopic (exact) mass is 241 g/mol. The van der Waals surface area contributed by atoms with Gasteiger partial charge >= 0.3 is 0 Å². The molecular weight excluding hydrogens is 226 g/mol. The van der Waals surface area contributed by atoms with Crippen molar-refractivity contribution >= 4 is 17.5 Å². The van der Waals surface area contributed by atoms with E-state index in [1.54, 1.807) is 6.07 Å². The second-order valence-corrected chi connectivity index (χ2v) is 4.48. The quantitative estimate of drug-likeness (QED) is 0.766. The molecular formula is C11H16ClN3O. The zero-order chi connectivity index (χ0) is 11.5. The van der Waals surface area contributed by atoms with E-state index in [1.807, 2.05) is 17.8 Å². The molecule has 0 radical (unpaired) electrons. The van der Waals surface area contributed by atoms with Crippen molar-refractivity contribution in [3.8, 4) is 0 Å². The van der Waals surface area contributed by atoms with Crippen molar-refractivity contribution in [1.29, 1.82) is 0 Å². The van der Waals surface area contributed by atoms with Gasteiger partial charge in [-0.25, -0.2) is 0 Å². The number of carbonyl (C=O) groups excluding carboxylic acids is 1. The van der Waals surface area contributed by atoms with Crippen LogP contribution in [0.5, 0.6) is 0 Å². The van der Waals surface area contributed by atoms with Crippen LogP contribution < -0.4 is 10.6 Å². The first-order valence-electron chi connectivity index (χ1n) is 5.52. The van der Waals surface area contributed by atoms with Crippen LogP contribution in [0.2, 0.25) is 5.02 Å². The van der Waals surface area contributed by atoms with Crippen LogP contribution in [0.3, 0.4) is 0 Å². The summed E-state index contributed by atoms with van der Waals surface area (Å²) in [6, 6.07) is 2.20. The summed E-state index contributed by atoms with van der Waals surface area (Å²) in [6.45, 7) is 1.40. The molecule has 0 aliphatic heterocycles. The van der Waals surface area contributed by atoms with Gasteiger partial charge in [0.2, 0.25) is 0 Å². The minimum absolute atomic E-state index is 0.0472. The van der Waals surface area contributed by atoms with E-state index in [4.69, 9.17) is 11.6 Å². The van der Waals surface area contributed by atoms with Gasteiger partial charge in [0.05, 0.1) is 5.02 Å². The van der Waals surface area contributed by atoms with Crippen LogP contribution in [0.4, 0.5) is 0 Å². The molecule has 0 aromatic carbocycles. The Hall–Kier alpha value is -1.00. The lowest BCUT2D eigenvalue weighted by molar-refractivity contribution is 0.0944. The van der Waals surface area contributed by atoms with E-state index in [9.17, 15) is 4.79 Å². The molecule has 2 N–H and O–H groups in total. The predicted octanol–water partition coefficient (Wildman–Crippen LogP) is 1.43. The summed E-state index contributed by atoms with van der Waals surface area (Å²) >= 11 is 5.93. The molecule has 1 aliphatic rings. The minimum atomic E-state index is -0.0472. The van der Waals surface area contributed by atoms with Gasteiger partial charge in [-0.3, -0.25) is 4.79 Å². The Morgan fingerprint density at radius 1 is 1.56 bits per heavy atom. The normalized spacial score (nSPS) is 15.1. The number of likely N-dealkylation sites (N-methyl/N-ethyl adjacent to an activating group) is 1. The number of carbonyl (C=O) groups is 1. The van der Waals surface area contributed by atoms with Gasteiger partial charge in [0.25, 0.3) is 5.91 Å². The molecule has 5 heteroatoms. The van der Waals surface area contributed by atoms with Crippen molar-refractivity contribution in [3.63, 3.8) is 0 Å². The van der Waals surface area contributed by atoms with E-state index in [-0.39, 0.29) is 5.91 Å². The molecule has 16 heavy (non-hydrogen) atoms. The number of rotatable bonds is 5. The van der Waals surface area contributed by atoms with Crippen molar-refractivity contribution in [3.05, 3.63) is 23.0 Å². The molecule has 0 saturated heterocycles. The Labute approximate surface area is 100.0 Å². The average Bonchev–Trinajstić information content (AvgIpc) is 3.02. The molecule has 1 amide bonds. The Morgan fingerprint density at radius 3 is 2.94 bits per heavy atom. The molecule has 1 saturated carbocycles. The Bertz CT molecular complexity index is 385. The minimum Gasteiger partial charge on any atom is -0.349 e. The van der Waals surface area contributed by atoms with Crippen LogP contribution in [-0.4, -0.2) is 30.6 Å². The highest BCUT2D eigenvalue weighted by atomic mass is 35.5. The van der Waals surface area contributed by atoms with Crippen LogP contribution in [0.1, 0.15) is 29.4 Å². The standard InChI is InChI=1S/C11H16ClN3O/c1-13-4-5-14-11(16)10-6-8(12)7-15(10)9-2-3-9/h6-7,9,13H,2-5H2,1H3,(H,14,16). The zero-order valence-corrected chi connectivity index (χ0v) is 10.0. The molecule has 0 unspecified atom stereocenters. The van der Waals surface area contributed by atoms with Gasteiger partial charge in [-0.2, -0.15) is 0 Å². The Kier molecular flexibility index (Phi) is 3.51. The summed E-state index contributed by atoms with van der Waals surface area (Å²) in [6.07, 6.45) is 4.12. The number of nitrogens with one attached hydrogen (secondary N) is 2. The Balaban J connectivity index is 2.03. The highest BCUT2D eigenvalue weighted by Gasteiger charge is 2.27. The predicted molar refractivity (Wildman–Crippen MR) is 64.0 cm³/mol. The molecule has 88 valence electrons. The smallest absolute Gasteiger partial charge is 0.268 e. The van der Waals surface area contributed by atoms with E-state index in [2.05, 4.69) is 10.6 Å². The fraction of sp³-hybridized carbons (Fsp3) is 0.545. The molecule has 0 atom stereocenters. The van der Waals surface area contributed by atoms with Crippen molar-refractivity contribution in [2.75, 3.05) is 20.1 Å². The first-order valence-corrected chi connectivity index (χ1v) is 5.90. The molecule has 1 aromatic rings. The maximum atomic E-state index is 11.9. The third-order valence-corrected chi connectivity index (χ3v) is 2.86. The van der Waals surface area contributed by atoms with Crippen molar-refractivity contribution in [1.82, 2.24) is 15.2 Å². The molecule has 1 heterocycles. The summed E-state index contributed by atoms with van der Waals surface area (Å²) in [4.78, 5) is 11.9. The second kappa shape index (κ2) is 4.89. The van der Waals surface area contributed by atoms with Gasteiger partial charge in [-0.05, 0) is 26.0 Å². The second-order valence-electron chi connectivity index (χ2n) is 4.04. The third-order valence-electron chi connectivity index (χ3n) is 2.65. The van der Waals surface area contributed by atoms with Gasteiger partial charge < -0.3 is 15.2 Å². The summed E-state index contributed by atoms with van der Waals surface area (Å²) in [7, 11) is 1.86. The molecule has 0 bridgehead atoms. The SMILES string of the molecule is CNCCNC(=O)c1cc(Cl)cn1C1CC1. The van der Waals surface area contributed by atoms with E-state index in [1.165, 1.54) is 0 Å². The number of nitrogens with zero attached hydrogens (tertiary/aromatic N) is 1. The third kappa shape index (κ3) is 2.57. The lowest BCUT2D eigenvalue weighted by atomic mass is 10.4. The fourth-order valence-electron chi connectivity index (χ4n) is 1.67. The highest BCUT2D eigenvalue weighted by molar-refractivity contribution is 6.31. The highest BCUT2D eigenvalue weighted by Crippen LogP contribution is 2.37. The van der Waals surface area contributed by atoms with Crippen molar-refractivity contribution < 1.29 is 4.79 Å². The molecule has 4 nitrogen and oxygen atoms in total.